The quantitative estimate of drug-likeness (QED) is 0.924. The van der Waals surface area contributed by atoms with Gasteiger partial charge in [0.25, 0.3) is 0 Å². The summed E-state index contributed by atoms with van der Waals surface area (Å²) in [4.78, 5) is 6.84. The van der Waals surface area contributed by atoms with E-state index in [0.717, 1.165) is 43.3 Å². The maximum atomic E-state index is 13.2. The molecule has 0 saturated carbocycles. The van der Waals surface area contributed by atoms with Crippen LogP contribution < -0.4 is 5.32 Å². The monoisotopic (exact) mass is 344 g/mol. The lowest BCUT2D eigenvalue weighted by molar-refractivity contribution is 0.000898. The zero-order valence-electron chi connectivity index (χ0n) is 14.6. The van der Waals surface area contributed by atoms with Gasteiger partial charge in [-0.05, 0) is 62.8 Å². The van der Waals surface area contributed by atoms with Crippen molar-refractivity contribution in [2.75, 3.05) is 26.7 Å². The maximum Gasteiger partial charge on any atom is 0.135 e. The first-order valence-electron chi connectivity index (χ1n) is 9.03. The summed E-state index contributed by atoms with van der Waals surface area (Å²) in [6.07, 6.45) is 4.39. The molecule has 1 atom stereocenters. The molecule has 0 unspecified atom stereocenters. The Hall–Kier alpha value is -1.76. The lowest BCUT2D eigenvalue weighted by Crippen LogP contribution is -2.45. The molecule has 4 rings (SSSR count). The highest BCUT2D eigenvalue weighted by Crippen LogP contribution is 2.25. The Labute approximate surface area is 147 Å². The number of rotatable bonds is 4. The third-order valence-electron chi connectivity index (χ3n) is 5.27. The number of benzene rings is 1. The summed E-state index contributed by atoms with van der Waals surface area (Å²) in [6.45, 7) is 4.48. The Morgan fingerprint density at radius 2 is 2.00 bits per heavy atom. The smallest absolute Gasteiger partial charge is 0.135 e. The van der Waals surface area contributed by atoms with Crippen molar-refractivity contribution >= 4 is 0 Å². The minimum absolute atomic E-state index is 0.139. The minimum atomic E-state index is -0.217. The van der Waals surface area contributed by atoms with Gasteiger partial charge in [0.2, 0.25) is 0 Å². The van der Waals surface area contributed by atoms with Crippen LogP contribution in [0.4, 0.5) is 4.39 Å². The van der Waals surface area contributed by atoms with Crippen LogP contribution in [0.5, 0.6) is 0 Å². The SMILES string of the molecule is CN1CCC(NC[C@H]2Cn3c(-c4ccc(F)cc4)cnc3CO2)CC1. The number of hydrogen-bond donors (Lipinski definition) is 1. The number of nitrogens with one attached hydrogen (secondary N) is 1. The van der Waals surface area contributed by atoms with Crippen LogP contribution in [0.3, 0.4) is 0 Å². The summed E-state index contributed by atoms with van der Waals surface area (Å²) in [7, 11) is 2.18. The molecule has 0 aliphatic carbocycles. The summed E-state index contributed by atoms with van der Waals surface area (Å²) < 4.78 is 21.4. The topological polar surface area (TPSA) is 42.3 Å². The standard InChI is InChI=1S/C19H25FN4O/c1-23-8-6-16(7-9-23)21-10-17-12-24-18(11-22-19(24)13-25-17)14-2-4-15(20)5-3-14/h2-5,11,16-17,21H,6-10,12-13H2,1H3/t17-/m0/s1. The second-order valence-corrected chi connectivity index (χ2v) is 7.10. The fourth-order valence-corrected chi connectivity index (χ4v) is 3.67. The van der Waals surface area contributed by atoms with Crippen LogP contribution in [0.25, 0.3) is 11.3 Å². The number of hydrogen-bond acceptors (Lipinski definition) is 4. The van der Waals surface area contributed by atoms with Gasteiger partial charge in [-0.2, -0.15) is 0 Å². The number of piperidine rings is 1. The first-order valence-corrected chi connectivity index (χ1v) is 9.03. The molecule has 1 fully saturated rings. The molecule has 1 aromatic heterocycles. The van der Waals surface area contributed by atoms with Crippen LogP contribution in [0.2, 0.25) is 0 Å². The maximum absolute atomic E-state index is 13.2. The zero-order valence-corrected chi connectivity index (χ0v) is 14.6. The molecule has 0 bridgehead atoms. The van der Waals surface area contributed by atoms with Gasteiger partial charge in [0.05, 0.1) is 24.5 Å². The number of halogens is 1. The molecule has 5 nitrogen and oxygen atoms in total. The number of aromatic nitrogens is 2. The van der Waals surface area contributed by atoms with Crippen molar-refractivity contribution < 1.29 is 9.13 Å². The highest BCUT2D eigenvalue weighted by molar-refractivity contribution is 5.59. The predicted molar refractivity (Wildman–Crippen MR) is 94.7 cm³/mol. The Balaban J connectivity index is 1.40. The number of ether oxygens (including phenoxy) is 1. The van der Waals surface area contributed by atoms with Crippen molar-refractivity contribution in [1.82, 2.24) is 19.8 Å². The largest absolute Gasteiger partial charge is 0.367 e. The van der Waals surface area contributed by atoms with Crippen molar-refractivity contribution in [2.45, 2.75) is 38.1 Å². The van der Waals surface area contributed by atoms with E-state index in [-0.39, 0.29) is 11.9 Å². The number of fused-ring (bicyclic) bond motifs is 1. The highest BCUT2D eigenvalue weighted by atomic mass is 19.1. The van der Waals surface area contributed by atoms with Crippen LogP contribution in [0.1, 0.15) is 18.7 Å². The number of nitrogens with zero attached hydrogens (tertiary/aromatic N) is 3. The number of likely N-dealkylation sites (tertiary alicyclic amines) is 1. The van der Waals surface area contributed by atoms with E-state index in [2.05, 4.69) is 26.8 Å². The number of imidazole rings is 1. The third kappa shape index (κ3) is 3.76. The molecule has 0 spiro atoms. The summed E-state index contributed by atoms with van der Waals surface area (Å²) in [5.41, 5.74) is 2.02. The Morgan fingerprint density at radius 3 is 2.76 bits per heavy atom. The van der Waals surface area contributed by atoms with Crippen LogP contribution >= 0.6 is 0 Å². The third-order valence-corrected chi connectivity index (χ3v) is 5.27. The Bertz CT molecular complexity index is 707. The predicted octanol–water partition coefficient (Wildman–Crippen LogP) is 2.27. The van der Waals surface area contributed by atoms with E-state index in [0.29, 0.717) is 12.6 Å². The van der Waals surface area contributed by atoms with E-state index in [1.807, 2.05) is 6.20 Å². The van der Waals surface area contributed by atoms with Gasteiger partial charge in [0.1, 0.15) is 18.2 Å². The molecule has 1 saturated heterocycles. The van der Waals surface area contributed by atoms with E-state index in [4.69, 9.17) is 4.74 Å². The van der Waals surface area contributed by atoms with Gasteiger partial charge in [0.15, 0.2) is 0 Å². The second-order valence-electron chi connectivity index (χ2n) is 7.10. The van der Waals surface area contributed by atoms with Crippen LogP contribution in [0, 0.1) is 5.82 Å². The van der Waals surface area contributed by atoms with Crippen molar-refractivity contribution in [3.05, 3.63) is 42.1 Å². The fourth-order valence-electron chi connectivity index (χ4n) is 3.67. The molecule has 2 aliphatic heterocycles. The van der Waals surface area contributed by atoms with E-state index in [1.54, 1.807) is 12.1 Å². The van der Waals surface area contributed by atoms with Crippen molar-refractivity contribution in [3.8, 4) is 11.3 Å². The second kappa shape index (κ2) is 7.23. The fraction of sp³-hybridized carbons (Fsp3) is 0.526. The normalized spacial score (nSPS) is 22.1. The molecular formula is C19H25FN4O. The minimum Gasteiger partial charge on any atom is -0.367 e. The average molecular weight is 344 g/mol. The molecule has 2 aliphatic rings. The van der Waals surface area contributed by atoms with E-state index < -0.39 is 0 Å². The Morgan fingerprint density at radius 1 is 1.24 bits per heavy atom. The van der Waals surface area contributed by atoms with Crippen LogP contribution in [-0.2, 0) is 17.9 Å². The van der Waals surface area contributed by atoms with Gasteiger partial charge >= 0.3 is 0 Å². The van der Waals surface area contributed by atoms with Gasteiger partial charge in [-0.3, -0.25) is 0 Å². The lowest BCUT2D eigenvalue weighted by Gasteiger charge is -2.32. The molecule has 134 valence electrons. The van der Waals surface area contributed by atoms with Gasteiger partial charge < -0.3 is 19.5 Å². The summed E-state index contributed by atoms with van der Waals surface area (Å²) in [5.74, 6) is 0.723. The zero-order chi connectivity index (χ0) is 17.2. The molecule has 6 heteroatoms. The average Bonchev–Trinajstić information content (AvgIpc) is 3.05. The Kier molecular flexibility index (Phi) is 4.83. The molecule has 0 radical (unpaired) electrons. The molecule has 3 heterocycles. The van der Waals surface area contributed by atoms with Gasteiger partial charge in [-0.25, -0.2) is 9.37 Å². The first kappa shape index (κ1) is 16.7. The first-order chi connectivity index (χ1) is 12.2. The molecular weight excluding hydrogens is 319 g/mol. The summed E-state index contributed by atoms with van der Waals surface area (Å²) in [6, 6.07) is 7.18. The van der Waals surface area contributed by atoms with Gasteiger partial charge in [-0.1, -0.05) is 0 Å². The van der Waals surface area contributed by atoms with E-state index >= 15 is 0 Å². The van der Waals surface area contributed by atoms with Gasteiger partial charge in [-0.15, -0.1) is 0 Å². The molecule has 1 N–H and O–H groups in total. The molecule has 0 amide bonds. The lowest BCUT2D eigenvalue weighted by atomic mass is 10.1. The van der Waals surface area contributed by atoms with E-state index in [9.17, 15) is 4.39 Å². The molecule has 1 aromatic carbocycles. The van der Waals surface area contributed by atoms with Crippen LogP contribution in [-0.4, -0.2) is 53.3 Å². The van der Waals surface area contributed by atoms with Crippen molar-refractivity contribution in [3.63, 3.8) is 0 Å². The molecule has 25 heavy (non-hydrogen) atoms. The van der Waals surface area contributed by atoms with Crippen molar-refractivity contribution in [1.29, 1.82) is 0 Å². The van der Waals surface area contributed by atoms with Crippen molar-refractivity contribution in [2.24, 2.45) is 0 Å². The van der Waals surface area contributed by atoms with Crippen LogP contribution in [0.15, 0.2) is 30.5 Å². The van der Waals surface area contributed by atoms with Gasteiger partial charge in [0, 0.05) is 12.6 Å². The summed E-state index contributed by atoms with van der Waals surface area (Å²) >= 11 is 0. The highest BCUT2D eigenvalue weighted by Gasteiger charge is 2.24. The summed E-state index contributed by atoms with van der Waals surface area (Å²) in [5, 5.41) is 3.67. The molecule has 2 aromatic rings. The van der Waals surface area contributed by atoms with E-state index in [1.165, 1.54) is 25.0 Å².